The van der Waals surface area contributed by atoms with E-state index in [1.165, 1.54) is 0 Å². The highest BCUT2D eigenvalue weighted by molar-refractivity contribution is 5.93. The third-order valence-electron chi connectivity index (χ3n) is 3.20. The minimum absolute atomic E-state index is 0.167. The van der Waals surface area contributed by atoms with Gasteiger partial charge in [0.1, 0.15) is 6.04 Å². The Morgan fingerprint density at radius 3 is 2.60 bits per heavy atom. The molecule has 0 aliphatic carbocycles. The van der Waals surface area contributed by atoms with Crippen LogP contribution in [0, 0.1) is 5.92 Å². The zero-order valence-corrected chi connectivity index (χ0v) is 11.5. The SMILES string of the molecule is CC(NC(=O)Nc1ccccc1)C(=O)NCC1CNC1. The molecule has 1 heterocycles. The molecule has 1 atom stereocenters. The number of hydrogen-bond donors (Lipinski definition) is 4. The molecule has 1 fully saturated rings. The van der Waals surface area contributed by atoms with E-state index in [1.807, 2.05) is 18.2 Å². The van der Waals surface area contributed by atoms with Gasteiger partial charge in [0.25, 0.3) is 0 Å². The maximum absolute atomic E-state index is 11.8. The molecule has 3 amide bonds. The summed E-state index contributed by atoms with van der Waals surface area (Å²) in [6.07, 6.45) is 0. The van der Waals surface area contributed by atoms with Gasteiger partial charge >= 0.3 is 6.03 Å². The van der Waals surface area contributed by atoms with Crippen LogP contribution in [0.4, 0.5) is 10.5 Å². The zero-order chi connectivity index (χ0) is 14.4. The number of para-hydroxylation sites is 1. The van der Waals surface area contributed by atoms with Gasteiger partial charge in [0.15, 0.2) is 0 Å². The molecule has 6 nitrogen and oxygen atoms in total. The van der Waals surface area contributed by atoms with E-state index in [-0.39, 0.29) is 11.9 Å². The smallest absolute Gasteiger partial charge is 0.319 e. The van der Waals surface area contributed by atoms with E-state index in [1.54, 1.807) is 19.1 Å². The second-order valence-electron chi connectivity index (χ2n) is 4.96. The summed E-state index contributed by atoms with van der Waals surface area (Å²) in [7, 11) is 0. The number of amides is 3. The molecule has 2 rings (SSSR count). The van der Waals surface area contributed by atoms with Crippen LogP contribution in [0.25, 0.3) is 0 Å². The van der Waals surface area contributed by atoms with Crippen molar-refractivity contribution >= 4 is 17.6 Å². The third-order valence-corrected chi connectivity index (χ3v) is 3.20. The molecule has 1 saturated heterocycles. The molecule has 1 aromatic carbocycles. The Labute approximate surface area is 118 Å². The number of rotatable bonds is 5. The predicted molar refractivity (Wildman–Crippen MR) is 77.4 cm³/mol. The summed E-state index contributed by atoms with van der Waals surface area (Å²) < 4.78 is 0. The first-order valence-corrected chi connectivity index (χ1v) is 6.76. The standard InChI is InChI=1S/C14H20N4O2/c1-10(13(19)16-9-11-7-15-8-11)17-14(20)18-12-5-3-2-4-6-12/h2-6,10-11,15H,7-9H2,1H3,(H,16,19)(H2,17,18,20). The Bertz CT molecular complexity index is 460. The summed E-state index contributed by atoms with van der Waals surface area (Å²) in [5, 5.41) is 11.3. The van der Waals surface area contributed by atoms with Crippen molar-refractivity contribution in [1.29, 1.82) is 0 Å². The maximum Gasteiger partial charge on any atom is 0.319 e. The molecule has 1 aromatic rings. The number of carbonyl (C=O) groups is 2. The van der Waals surface area contributed by atoms with E-state index >= 15 is 0 Å². The van der Waals surface area contributed by atoms with Crippen molar-refractivity contribution in [2.45, 2.75) is 13.0 Å². The largest absolute Gasteiger partial charge is 0.354 e. The summed E-state index contributed by atoms with van der Waals surface area (Å²) >= 11 is 0. The van der Waals surface area contributed by atoms with Crippen LogP contribution in [-0.4, -0.2) is 37.6 Å². The number of anilines is 1. The molecule has 1 aliphatic rings. The molecular weight excluding hydrogens is 256 g/mol. The molecule has 0 bridgehead atoms. The molecule has 1 aliphatic heterocycles. The van der Waals surface area contributed by atoms with Crippen LogP contribution in [-0.2, 0) is 4.79 Å². The normalized spacial score (nSPS) is 15.8. The maximum atomic E-state index is 11.8. The van der Waals surface area contributed by atoms with Crippen molar-refractivity contribution in [3.8, 4) is 0 Å². The zero-order valence-electron chi connectivity index (χ0n) is 11.5. The van der Waals surface area contributed by atoms with Gasteiger partial charge in [0, 0.05) is 31.2 Å². The first-order chi connectivity index (χ1) is 9.65. The summed E-state index contributed by atoms with van der Waals surface area (Å²) in [6.45, 7) is 4.20. The van der Waals surface area contributed by atoms with Gasteiger partial charge in [-0.3, -0.25) is 4.79 Å². The number of nitrogens with one attached hydrogen (secondary N) is 4. The lowest BCUT2D eigenvalue weighted by molar-refractivity contribution is -0.122. The first kappa shape index (κ1) is 14.3. The van der Waals surface area contributed by atoms with E-state index in [9.17, 15) is 9.59 Å². The van der Waals surface area contributed by atoms with Crippen LogP contribution < -0.4 is 21.3 Å². The Balaban J connectivity index is 1.70. The van der Waals surface area contributed by atoms with E-state index in [4.69, 9.17) is 0 Å². The second-order valence-corrected chi connectivity index (χ2v) is 4.96. The van der Waals surface area contributed by atoms with Gasteiger partial charge in [-0.25, -0.2) is 4.79 Å². The summed E-state index contributed by atoms with van der Waals surface area (Å²) in [5.74, 6) is 0.337. The lowest BCUT2D eigenvalue weighted by atomic mass is 10.0. The third kappa shape index (κ3) is 4.24. The van der Waals surface area contributed by atoms with Crippen LogP contribution in [0.1, 0.15) is 6.92 Å². The van der Waals surface area contributed by atoms with E-state index in [0.29, 0.717) is 18.2 Å². The summed E-state index contributed by atoms with van der Waals surface area (Å²) in [5.41, 5.74) is 0.693. The van der Waals surface area contributed by atoms with E-state index < -0.39 is 6.04 Å². The van der Waals surface area contributed by atoms with Gasteiger partial charge < -0.3 is 21.3 Å². The molecule has 0 spiro atoms. The molecule has 0 aromatic heterocycles. The number of carbonyl (C=O) groups excluding carboxylic acids is 2. The van der Waals surface area contributed by atoms with Gasteiger partial charge in [0.2, 0.25) is 5.91 Å². The molecule has 1 unspecified atom stereocenters. The van der Waals surface area contributed by atoms with Crippen LogP contribution in [0.15, 0.2) is 30.3 Å². The number of hydrogen-bond acceptors (Lipinski definition) is 3. The van der Waals surface area contributed by atoms with Gasteiger partial charge in [-0.1, -0.05) is 18.2 Å². The van der Waals surface area contributed by atoms with Gasteiger partial charge in [-0.05, 0) is 19.1 Å². The molecule has 108 valence electrons. The Morgan fingerprint density at radius 2 is 2.00 bits per heavy atom. The minimum Gasteiger partial charge on any atom is -0.354 e. The molecule has 0 radical (unpaired) electrons. The fraction of sp³-hybridized carbons (Fsp3) is 0.429. The Morgan fingerprint density at radius 1 is 1.30 bits per heavy atom. The van der Waals surface area contributed by atoms with Crippen LogP contribution in [0.5, 0.6) is 0 Å². The fourth-order valence-corrected chi connectivity index (χ4v) is 1.84. The highest BCUT2D eigenvalue weighted by Gasteiger charge is 2.20. The molecular formula is C14H20N4O2. The average Bonchev–Trinajstić information content (AvgIpc) is 2.37. The predicted octanol–water partition coefficient (Wildman–Crippen LogP) is 0.532. The highest BCUT2D eigenvalue weighted by atomic mass is 16.2. The Kier molecular flexibility index (Phi) is 4.95. The van der Waals surface area contributed by atoms with Crippen molar-refractivity contribution in [1.82, 2.24) is 16.0 Å². The van der Waals surface area contributed by atoms with Gasteiger partial charge in [-0.15, -0.1) is 0 Å². The first-order valence-electron chi connectivity index (χ1n) is 6.76. The molecule has 4 N–H and O–H groups in total. The topological polar surface area (TPSA) is 82.3 Å². The molecule has 6 heteroatoms. The van der Waals surface area contributed by atoms with Gasteiger partial charge in [0.05, 0.1) is 0 Å². The lowest BCUT2D eigenvalue weighted by Gasteiger charge is -2.27. The average molecular weight is 276 g/mol. The molecule has 0 saturated carbocycles. The van der Waals surface area contributed by atoms with Crippen LogP contribution >= 0.6 is 0 Å². The van der Waals surface area contributed by atoms with Crippen molar-refractivity contribution in [3.63, 3.8) is 0 Å². The van der Waals surface area contributed by atoms with Crippen molar-refractivity contribution in [2.75, 3.05) is 25.0 Å². The van der Waals surface area contributed by atoms with Crippen molar-refractivity contribution in [3.05, 3.63) is 30.3 Å². The van der Waals surface area contributed by atoms with E-state index in [2.05, 4.69) is 21.3 Å². The fourth-order valence-electron chi connectivity index (χ4n) is 1.84. The van der Waals surface area contributed by atoms with Gasteiger partial charge in [-0.2, -0.15) is 0 Å². The minimum atomic E-state index is -0.563. The monoisotopic (exact) mass is 276 g/mol. The number of benzene rings is 1. The lowest BCUT2D eigenvalue weighted by Crippen LogP contribution is -2.52. The summed E-state index contributed by atoms with van der Waals surface area (Å²) in [4.78, 5) is 23.5. The van der Waals surface area contributed by atoms with Crippen molar-refractivity contribution < 1.29 is 9.59 Å². The van der Waals surface area contributed by atoms with E-state index in [0.717, 1.165) is 13.1 Å². The Hall–Kier alpha value is -2.08. The number of urea groups is 1. The van der Waals surface area contributed by atoms with Crippen LogP contribution in [0.2, 0.25) is 0 Å². The summed E-state index contributed by atoms with van der Waals surface area (Å²) in [6, 6.07) is 8.16. The second kappa shape index (κ2) is 6.91. The highest BCUT2D eigenvalue weighted by Crippen LogP contribution is 2.04. The van der Waals surface area contributed by atoms with Crippen molar-refractivity contribution in [2.24, 2.45) is 5.92 Å². The molecule has 20 heavy (non-hydrogen) atoms. The quantitative estimate of drug-likeness (QED) is 0.633. The van der Waals surface area contributed by atoms with Crippen LogP contribution in [0.3, 0.4) is 0 Å².